The number of amides is 1. The Labute approximate surface area is 240 Å². The summed E-state index contributed by atoms with van der Waals surface area (Å²) in [5.74, 6) is -1.65. The molecule has 0 spiro atoms. The first kappa shape index (κ1) is 28.6. The van der Waals surface area contributed by atoms with Crippen molar-refractivity contribution in [2.45, 2.75) is 49.2 Å². The number of sulfonamides is 1. The largest absolute Gasteiger partial charge is 0.331 e. The van der Waals surface area contributed by atoms with E-state index in [1.165, 1.54) is 12.1 Å². The van der Waals surface area contributed by atoms with Gasteiger partial charge in [-0.3, -0.25) is 4.79 Å². The first-order valence-corrected chi connectivity index (χ1v) is 15.6. The van der Waals surface area contributed by atoms with Gasteiger partial charge in [0.15, 0.2) is 0 Å². The molecular weight excluding hydrogens is 576 g/mol. The quantitative estimate of drug-likeness (QED) is 0.259. The summed E-state index contributed by atoms with van der Waals surface area (Å²) in [5.41, 5.74) is 2.49. The van der Waals surface area contributed by atoms with Crippen molar-refractivity contribution in [2.24, 2.45) is 5.14 Å². The van der Waals surface area contributed by atoms with E-state index in [-0.39, 0.29) is 43.4 Å². The normalized spacial score (nSPS) is 17.7. The van der Waals surface area contributed by atoms with Gasteiger partial charge in [-0.2, -0.15) is 0 Å². The van der Waals surface area contributed by atoms with Gasteiger partial charge in [-0.1, -0.05) is 41.9 Å². The average molecular weight is 604 g/mol. The molecule has 6 nitrogen and oxygen atoms in total. The molecule has 11 heteroatoms. The number of nitrogens with zero attached hydrogens (tertiary/aromatic N) is 1. The van der Waals surface area contributed by atoms with Gasteiger partial charge in [0.2, 0.25) is 10.0 Å². The third-order valence-corrected chi connectivity index (χ3v) is 10.1. The van der Waals surface area contributed by atoms with Crippen LogP contribution in [0.25, 0.3) is 21.2 Å². The van der Waals surface area contributed by atoms with Gasteiger partial charge in [0, 0.05) is 18.6 Å². The predicted molar refractivity (Wildman–Crippen MR) is 155 cm³/mol. The van der Waals surface area contributed by atoms with Crippen molar-refractivity contribution in [1.82, 2.24) is 10.2 Å². The van der Waals surface area contributed by atoms with E-state index < -0.39 is 21.7 Å². The summed E-state index contributed by atoms with van der Waals surface area (Å²) in [5, 5.41) is 8.38. The average Bonchev–Trinajstić information content (AvgIpc) is 3.31. The van der Waals surface area contributed by atoms with Gasteiger partial charge in [-0.15, -0.1) is 11.3 Å². The molecule has 1 aliphatic rings. The number of halogens is 3. The van der Waals surface area contributed by atoms with Gasteiger partial charge in [0.05, 0.1) is 20.0 Å². The summed E-state index contributed by atoms with van der Waals surface area (Å²) in [7, 11) is -1.88. The third-order valence-electron chi connectivity index (χ3n) is 7.48. The number of nitrogens with one attached hydrogen (secondary N) is 1. The van der Waals surface area contributed by atoms with Crippen LogP contribution >= 0.6 is 22.9 Å². The number of rotatable bonds is 7. The molecule has 4 aromatic rings. The highest BCUT2D eigenvalue weighted by Crippen LogP contribution is 2.40. The van der Waals surface area contributed by atoms with E-state index in [4.69, 9.17) is 16.7 Å². The zero-order valence-corrected chi connectivity index (χ0v) is 24.1. The van der Waals surface area contributed by atoms with Crippen molar-refractivity contribution in [3.8, 4) is 11.1 Å². The van der Waals surface area contributed by atoms with Crippen LogP contribution in [-0.4, -0.2) is 38.4 Å². The zero-order chi connectivity index (χ0) is 28.6. The molecule has 3 aromatic carbocycles. The molecule has 0 radical (unpaired) electrons. The Kier molecular flexibility index (Phi) is 8.26. The molecule has 1 fully saturated rings. The first-order valence-electron chi connectivity index (χ1n) is 12.8. The van der Waals surface area contributed by atoms with E-state index in [1.54, 1.807) is 17.0 Å². The monoisotopic (exact) mass is 603 g/mol. The molecule has 0 aliphatic heterocycles. The summed E-state index contributed by atoms with van der Waals surface area (Å²) in [6.07, 6.45) is 3.34. The molecule has 1 saturated carbocycles. The van der Waals surface area contributed by atoms with Crippen molar-refractivity contribution >= 4 is 49.0 Å². The second-order valence-electron chi connectivity index (χ2n) is 9.98. The maximum atomic E-state index is 14.6. The van der Waals surface area contributed by atoms with Crippen LogP contribution in [0.2, 0.25) is 5.02 Å². The Bertz CT molecular complexity index is 1670. The van der Waals surface area contributed by atoms with Gasteiger partial charge in [0.25, 0.3) is 5.91 Å². The van der Waals surface area contributed by atoms with Crippen molar-refractivity contribution in [1.29, 1.82) is 0 Å². The van der Waals surface area contributed by atoms with E-state index in [0.717, 1.165) is 65.8 Å². The highest BCUT2D eigenvalue weighted by Gasteiger charge is 2.32. The Balaban J connectivity index is 1.49. The fourth-order valence-corrected chi connectivity index (χ4v) is 7.31. The fraction of sp³-hybridized carbons (Fsp3) is 0.276. The van der Waals surface area contributed by atoms with Crippen LogP contribution in [-0.2, 0) is 16.6 Å². The number of thiophene rings is 1. The minimum absolute atomic E-state index is 0.0226. The van der Waals surface area contributed by atoms with E-state index in [0.29, 0.717) is 6.04 Å². The molecular formula is C29H28ClF2N3O3S2. The van der Waals surface area contributed by atoms with Gasteiger partial charge in [0.1, 0.15) is 16.5 Å². The predicted octanol–water partition coefficient (Wildman–Crippen LogP) is 6.32. The lowest BCUT2D eigenvalue weighted by atomic mass is 9.89. The number of primary sulfonamides is 1. The van der Waals surface area contributed by atoms with Crippen LogP contribution in [0.4, 0.5) is 8.78 Å². The number of carbonyl (C=O) groups is 1. The molecule has 1 heterocycles. The lowest BCUT2D eigenvalue weighted by Gasteiger charge is -2.37. The summed E-state index contributed by atoms with van der Waals surface area (Å²) in [4.78, 5) is 15.9. The summed E-state index contributed by atoms with van der Waals surface area (Å²) < 4.78 is 52.4. The van der Waals surface area contributed by atoms with E-state index in [1.807, 2.05) is 31.3 Å². The van der Waals surface area contributed by atoms with Crippen LogP contribution < -0.4 is 10.5 Å². The molecule has 40 heavy (non-hydrogen) atoms. The first-order chi connectivity index (χ1) is 19.1. The molecule has 0 unspecified atom stereocenters. The highest BCUT2D eigenvalue weighted by atomic mass is 35.5. The van der Waals surface area contributed by atoms with E-state index in [9.17, 15) is 22.0 Å². The van der Waals surface area contributed by atoms with Crippen LogP contribution in [0.15, 0.2) is 65.6 Å². The molecule has 1 aliphatic carbocycles. The summed E-state index contributed by atoms with van der Waals surface area (Å²) in [6, 6.07) is 16.2. The SMILES string of the molecule is CNC1CCC(N(Cc2cccc(-c3ccc(S(N)(=O)=O)cc3)c2)C(=O)c2sc3c(F)ccc(F)c3c2Cl)CC1. The zero-order valence-electron chi connectivity index (χ0n) is 21.7. The lowest BCUT2D eigenvalue weighted by Crippen LogP contribution is -2.44. The summed E-state index contributed by atoms with van der Waals surface area (Å²) >= 11 is 7.38. The molecule has 0 bridgehead atoms. The number of hydrogen-bond acceptors (Lipinski definition) is 5. The van der Waals surface area contributed by atoms with Crippen molar-refractivity contribution in [3.05, 3.63) is 87.8 Å². The van der Waals surface area contributed by atoms with Gasteiger partial charge < -0.3 is 10.2 Å². The highest BCUT2D eigenvalue weighted by molar-refractivity contribution is 7.89. The number of carbonyl (C=O) groups excluding carboxylic acids is 1. The van der Waals surface area contributed by atoms with Crippen LogP contribution in [0.5, 0.6) is 0 Å². The maximum Gasteiger partial charge on any atom is 0.266 e. The lowest BCUT2D eigenvalue weighted by molar-refractivity contribution is 0.0606. The second kappa shape index (κ2) is 11.5. The van der Waals surface area contributed by atoms with Gasteiger partial charge in [-0.05, 0) is 79.8 Å². The minimum atomic E-state index is -3.80. The Morgan fingerprint density at radius 3 is 2.33 bits per heavy atom. The van der Waals surface area contributed by atoms with Crippen LogP contribution in [0, 0.1) is 11.6 Å². The summed E-state index contributed by atoms with van der Waals surface area (Å²) in [6.45, 7) is 0.270. The molecule has 0 saturated heterocycles. The molecule has 3 N–H and O–H groups in total. The number of fused-ring (bicyclic) bond motifs is 1. The molecule has 1 aromatic heterocycles. The molecule has 5 rings (SSSR count). The number of hydrogen-bond donors (Lipinski definition) is 2. The second-order valence-corrected chi connectivity index (χ2v) is 12.9. The molecule has 1 amide bonds. The maximum absolute atomic E-state index is 14.6. The van der Waals surface area contributed by atoms with Crippen LogP contribution in [0.1, 0.15) is 40.9 Å². The number of benzene rings is 3. The Hall–Kier alpha value is -2.89. The van der Waals surface area contributed by atoms with Crippen molar-refractivity contribution in [2.75, 3.05) is 7.05 Å². The smallest absolute Gasteiger partial charge is 0.266 e. The van der Waals surface area contributed by atoms with E-state index >= 15 is 0 Å². The molecule has 210 valence electrons. The van der Waals surface area contributed by atoms with Crippen molar-refractivity contribution in [3.63, 3.8) is 0 Å². The third kappa shape index (κ3) is 5.77. The van der Waals surface area contributed by atoms with Crippen LogP contribution in [0.3, 0.4) is 0 Å². The number of nitrogens with two attached hydrogens (primary N) is 1. The Morgan fingerprint density at radius 2 is 1.70 bits per heavy atom. The topological polar surface area (TPSA) is 92.5 Å². The Morgan fingerprint density at radius 1 is 1.02 bits per heavy atom. The van der Waals surface area contributed by atoms with Gasteiger partial charge in [-0.25, -0.2) is 22.3 Å². The van der Waals surface area contributed by atoms with Gasteiger partial charge >= 0.3 is 0 Å². The minimum Gasteiger partial charge on any atom is -0.331 e. The molecule has 0 atom stereocenters. The van der Waals surface area contributed by atoms with E-state index in [2.05, 4.69) is 5.32 Å². The standard InChI is InChI=1S/C29H28ClF2N3O3S2/c1-34-20-7-9-21(10-8-20)35(29(36)28-26(30)25-23(31)13-14-24(32)27(25)39-28)16-17-3-2-4-19(15-17)18-5-11-22(12-6-18)40(33,37)38/h2-6,11-15,20-21,34H,7-10,16H2,1H3,(H2,33,37,38). The van der Waals surface area contributed by atoms with Crippen molar-refractivity contribution < 1.29 is 22.0 Å². The fourth-order valence-electron chi connectivity index (χ4n) is 5.29.